The van der Waals surface area contributed by atoms with Gasteiger partial charge < -0.3 is 9.42 Å². The third-order valence-electron chi connectivity index (χ3n) is 3.92. The monoisotopic (exact) mass is 323 g/mol. The maximum Gasteiger partial charge on any atom is 0.230 e. The second-order valence-electron chi connectivity index (χ2n) is 5.34. The lowest BCUT2D eigenvalue weighted by Gasteiger charge is -2.29. The number of hydrogen-bond acceptors (Lipinski definition) is 4. The Bertz CT molecular complexity index is 696. The van der Waals surface area contributed by atoms with Crippen LogP contribution in [0.4, 0.5) is 4.39 Å². The number of halogens is 2. The second-order valence-corrected chi connectivity index (χ2v) is 5.75. The summed E-state index contributed by atoms with van der Waals surface area (Å²) in [5.41, 5.74) is 0.226. The Hall–Kier alpha value is -1.95. The van der Waals surface area contributed by atoms with Gasteiger partial charge in [0.2, 0.25) is 17.6 Å². The van der Waals surface area contributed by atoms with Crippen molar-refractivity contribution in [3.05, 3.63) is 34.9 Å². The van der Waals surface area contributed by atoms with Crippen molar-refractivity contribution in [2.45, 2.75) is 25.7 Å². The zero-order chi connectivity index (χ0) is 15.7. The molecule has 2 heterocycles. The van der Waals surface area contributed by atoms with Crippen molar-refractivity contribution in [1.29, 1.82) is 0 Å². The molecule has 1 aromatic carbocycles. The van der Waals surface area contributed by atoms with Gasteiger partial charge >= 0.3 is 0 Å². The van der Waals surface area contributed by atoms with E-state index in [4.69, 9.17) is 16.1 Å². The number of rotatable bonds is 2. The van der Waals surface area contributed by atoms with Gasteiger partial charge in [0.1, 0.15) is 0 Å². The lowest BCUT2D eigenvalue weighted by Crippen LogP contribution is -2.36. The fraction of sp³-hybridized carbons (Fsp3) is 0.400. The van der Waals surface area contributed by atoms with Gasteiger partial charge in [0, 0.05) is 25.9 Å². The van der Waals surface area contributed by atoms with E-state index in [1.807, 2.05) is 0 Å². The molecule has 1 aliphatic heterocycles. The van der Waals surface area contributed by atoms with Gasteiger partial charge in [0.15, 0.2) is 5.82 Å². The molecule has 22 heavy (non-hydrogen) atoms. The molecule has 0 spiro atoms. The van der Waals surface area contributed by atoms with Gasteiger partial charge in [-0.15, -0.1) is 0 Å². The molecule has 2 aromatic rings. The number of hydrogen-bond donors (Lipinski definition) is 0. The molecular formula is C15H15ClFN3O2. The van der Waals surface area contributed by atoms with E-state index in [-0.39, 0.29) is 28.2 Å². The number of benzene rings is 1. The third kappa shape index (κ3) is 2.83. The Balaban J connectivity index is 1.77. The third-order valence-corrected chi connectivity index (χ3v) is 4.22. The smallest absolute Gasteiger partial charge is 0.230 e. The van der Waals surface area contributed by atoms with Crippen LogP contribution in [-0.2, 0) is 4.79 Å². The largest absolute Gasteiger partial charge is 0.343 e. The normalized spacial score (nSPS) is 16.0. The van der Waals surface area contributed by atoms with Crippen LogP contribution in [0.25, 0.3) is 11.4 Å². The van der Waals surface area contributed by atoms with Gasteiger partial charge in [-0.3, -0.25) is 4.79 Å². The number of likely N-dealkylation sites (tertiary alicyclic amines) is 1. The molecule has 7 heteroatoms. The SMILES string of the molecule is CC(=O)N1CCC(c2nc(-c3cccc(Cl)c3F)no2)CC1. The summed E-state index contributed by atoms with van der Waals surface area (Å²) in [5, 5.41) is 3.88. The molecule has 1 fully saturated rings. The van der Waals surface area contributed by atoms with E-state index in [0.29, 0.717) is 19.0 Å². The van der Waals surface area contributed by atoms with Crippen molar-refractivity contribution in [2.75, 3.05) is 13.1 Å². The topological polar surface area (TPSA) is 59.2 Å². The van der Waals surface area contributed by atoms with Gasteiger partial charge in [0.05, 0.1) is 10.6 Å². The first-order valence-corrected chi connectivity index (χ1v) is 7.47. The zero-order valence-corrected chi connectivity index (χ0v) is 12.8. The number of nitrogens with zero attached hydrogens (tertiary/aromatic N) is 3. The van der Waals surface area contributed by atoms with Crippen LogP contribution in [0, 0.1) is 5.82 Å². The van der Waals surface area contributed by atoms with Crippen LogP contribution in [0.5, 0.6) is 0 Å². The molecule has 1 aromatic heterocycles. The summed E-state index contributed by atoms with van der Waals surface area (Å²) >= 11 is 5.77. The van der Waals surface area contributed by atoms with Crippen LogP contribution in [0.15, 0.2) is 22.7 Å². The van der Waals surface area contributed by atoms with Crippen molar-refractivity contribution in [2.24, 2.45) is 0 Å². The highest BCUT2D eigenvalue weighted by molar-refractivity contribution is 6.31. The van der Waals surface area contributed by atoms with E-state index in [9.17, 15) is 9.18 Å². The molecule has 1 amide bonds. The number of carbonyl (C=O) groups is 1. The van der Waals surface area contributed by atoms with Gasteiger partial charge in [-0.1, -0.05) is 22.8 Å². The average Bonchev–Trinajstić information content (AvgIpc) is 3.00. The summed E-state index contributed by atoms with van der Waals surface area (Å²) in [5.74, 6) is 0.300. The summed E-state index contributed by atoms with van der Waals surface area (Å²) in [7, 11) is 0. The van der Waals surface area contributed by atoms with Gasteiger partial charge in [-0.05, 0) is 25.0 Å². The minimum atomic E-state index is -0.553. The molecule has 0 radical (unpaired) electrons. The molecule has 0 bridgehead atoms. The molecule has 0 unspecified atom stereocenters. The van der Waals surface area contributed by atoms with Crippen molar-refractivity contribution in [1.82, 2.24) is 15.0 Å². The maximum atomic E-state index is 14.0. The van der Waals surface area contributed by atoms with E-state index in [2.05, 4.69) is 10.1 Å². The summed E-state index contributed by atoms with van der Waals surface area (Å²) in [4.78, 5) is 17.4. The Kier molecular flexibility index (Phi) is 4.11. The minimum absolute atomic E-state index is 0.0265. The van der Waals surface area contributed by atoms with E-state index < -0.39 is 5.82 Å². The molecule has 1 aliphatic rings. The summed E-state index contributed by atoms with van der Waals surface area (Å²) in [6, 6.07) is 4.68. The summed E-state index contributed by atoms with van der Waals surface area (Å²) in [6.45, 7) is 2.90. The molecule has 0 saturated carbocycles. The summed E-state index contributed by atoms with van der Waals surface area (Å²) in [6.07, 6.45) is 1.53. The second kappa shape index (κ2) is 6.04. The molecule has 0 aliphatic carbocycles. The molecule has 116 valence electrons. The van der Waals surface area contributed by atoms with E-state index >= 15 is 0 Å². The number of aromatic nitrogens is 2. The highest BCUT2D eigenvalue weighted by Gasteiger charge is 2.26. The van der Waals surface area contributed by atoms with Crippen molar-refractivity contribution in [3.63, 3.8) is 0 Å². The minimum Gasteiger partial charge on any atom is -0.343 e. The Morgan fingerprint density at radius 3 is 2.82 bits per heavy atom. The molecule has 1 saturated heterocycles. The quantitative estimate of drug-likeness (QED) is 0.851. The van der Waals surface area contributed by atoms with Crippen LogP contribution in [0.3, 0.4) is 0 Å². The molecule has 3 rings (SSSR count). The predicted molar refractivity (Wildman–Crippen MR) is 78.9 cm³/mol. The van der Waals surface area contributed by atoms with Gasteiger partial charge in [-0.2, -0.15) is 4.98 Å². The Morgan fingerprint density at radius 1 is 1.41 bits per heavy atom. The van der Waals surface area contributed by atoms with Crippen LogP contribution >= 0.6 is 11.6 Å². The van der Waals surface area contributed by atoms with Crippen molar-refractivity contribution in [3.8, 4) is 11.4 Å². The van der Waals surface area contributed by atoms with E-state index in [0.717, 1.165) is 12.8 Å². The van der Waals surface area contributed by atoms with E-state index in [1.165, 1.54) is 6.07 Å². The molecule has 5 nitrogen and oxygen atoms in total. The van der Waals surface area contributed by atoms with E-state index in [1.54, 1.807) is 24.0 Å². The van der Waals surface area contributed by atoms with Crippen molar-refractivity contribution < 1.29 is 13.7 Å². The Labute approximate surface area is 132 Å². The van der Waals surface area contributed by atoms with Gasteiger partial charge in [-0.25, -0.2) is 4.39 Å². The number of piperidine rings is 1. The van der Waals surface area contributed by atoms with Crippen LogP contribution in [0.1, 0.15) is 31.6 Å². The molecule has 0 atom stereocenters. The zero-order valence-electron chi connectivity index (χ0n) is 12.1. The fourth-order valence-corrected chi connectivity index (χ4v) is 2.80. The van der Waals surface area contributed by atoms with Crippen LogP contribution < -0.4 is 0 Å². The Morgan fingerprint density at radius 2 is 2.14 bits per heavy atom. The number of carbonyl (C=O) groups excluding carboxylic acids is 1. The maximum absolute atomic E-state index is 14.0. The fourth-order valence-electron chi connectivity index (χ4n) is 2.63. The lowest BCUT2D eigenvalue weighted by molar-refractivity contribution is -0.129. The van der Waals surface area contributed by atoms with Gasteiger partial charge in [0.25, 0.3) is 0 Å². The highest BCUT2D eigenvalue weighted by Crippen LogP contribution is 2.30. The first kappa shape index (κ1) is 15.0. The predicted octanol–water partition coefficient (Wildman–Crippen LogP) is 3.26. The van der Waals surface area contributed by atoms with Crippen molar-refractivity contribution >= 4 is 17.5 Å². The first-order chi connectivity index (χ1) is 10.6. The standard InChI is InChI=1S/C15H15ClFN3O2/c1-9(21)20-7-5-10(6-8-20)15-18-14(19-22-15)11-3-2-4-12(16)13(11)17/h2-4,10H,5-8H2,1H3. The van der Waals surface area contributed by atoms with Crippen LogP contribution in [-0.4, -0.2) is 34.0 Å². The van der Waals surface area contributed by atoms with Crippen LogP contribution in [0.2, 0.25) is 5.02 Å². The first-order valence-electron chi connectivity index (χ1n) is 7.09. The average molecular weight is 324 g/mol. The molecule has 0 N–H and O–H groups in total. The highest BCUT2D eigenvalue weighted by atomic mass is 35.5. The number of amides is 1. The summed E-state index contributed by atoms with van der Waals surface area (Å²) < 4.78 is 19.3. The molecular weight excluding hydrogens is 309 g/mol. The lowest BCUT2D eigenvalue weighted by atomic mass is 9.97.